The van der Waals surface area contributed by atoms with Crippen LogP contribution in [-0.2, 0) is 0 Å². The van der Waals surface area contributed by atoms with Gasteiger partial charge in [-0.25, -0.2) is 4.79 Å². The van der Waals surface area contributed by atoms with Gasteiger partial charge in [0, 0.05) is 17.6 Å². The molecule has 1 heterocycles. The third kappa shape index (κ3) is 2.53. The summed E-state index contributed by atoms with van der Waals surface area (Å²) in [6, 6.07) is 5.45. The molecule has 0 aromatic heterocycles. The standard InChI is InChI=1S/C14H18BrNO2/c1-14(2,3)9-7-16(8-9)12-5-4-10(15)6-11(12)13(17)18/h4-6,9H,7-8H2,1-3H3,(H,17,18). The molecular weight excluding hydrogens is 294 g/mol. The summed E-state index contributed by atoms with van der Waals surface area (Å²) in [4.78, 5) is 13.4. The molecule has 0 aliphatic carbocycles. The Labute approximate surface area is 116 Å². The number of carboxylic acid groups (broad SMARTS) is 1. The Morgan fingerprint density at radius 1 is 1.39 bits per heavy atom. The van der Waals surface area contributed by atoms with Crippen molar-refractivity contribution in [3.05, 3.63) is 28.2 Å². The zero-order chi connectivity index (χ0) is 13.5. The number of nitrogens with zero attached hydrogens (tertiary/aromatic N) is 1. The smallest absolute Gasteiger partial charge is 0.337 e. The highest BCUT2D eigenvalue weighted by Crippen LogP contribution is 2.38. The summed E-state index contributed by atoms with van der Waals surface area (Å²) in [6.45, 7) is 8.56. The Morgan fingerprint density at radius 3 is 2.50 bits per heavy atom. The van der Waals surface area contributed by atoms with Gasteiger partial charge < -0.3 is 10.0 Å². The van der Waals surface area contributed by atoms with Crippen molar-refractivity contribution in [1.82, 2.24) is 0 Å². The molecule has 1 saturated heterocycles. The molecule has 0 atom stereocenters. The van der Waals surface area contributed by atoms with E-state index in [0.29, 0.717) is 11.5 Å². The molecule has 4 heteroatoms. The van der Waals surface area contributed by atoms with E-state index >= 15 is 0 Å². The van der Waals surface area contributed by atoms with E-state index in [-0.39, 0.29) is 5.41 Å². The third-order valence-corrected chi connectivity index (χ3v) is 4.13. The number of anilines is 1. The molecule has 0 unspecified atom stereocenters. The van der Waals surface area contributed by atoms with E-state index in [1.807, 2.05) is 12.1 Å². The maximum atomic E-state index is 11.2. The van der Waals surface area contributed by atoms with E-state index in [2.05, 4.69) is 41.6 Å². The van der Waals surface area contributed by atoms with Crippen LogP contribution in [0, 0.1) is 11.3 Å². The summed E-state index contributed by atoms with van der Waals surface area (Å²) in [5.41, 5.74) is 1.48. The number of aromatic carboxylic acids is 1. The van der Waals surface area contributed by atoms with Crippen molar-refractivity contribution in [2.45, 2.75) is 20.8 Å². The molecule has 3 nitrogen and oxygen atoms in total. The van der Waals surface area contributed by atoms with Crippen LogP contribution in [0.25, 0.3) is 0 Å². The van der Waals surface area contributed by atoms with E-state index < -0.39 is 5.97 Å². The largest absolute Gasteiger partial charge is 0.478 e. The number of carboxylic acids is 1. The summed E-state index contributed by atoms with van der Waals surface area (Å²) in [7, 11) is 0. The second kappa shape index (κ2) is 4.57. The highest BCUT2D eigenvalue weighted by Gasteiger charge is 2.36. The predicted octanol–water partition coefficient (Wildman–Crippen LogP) is 3.63. The molecule has 1 fully saturated rings. The zero-order valence-electron chi connectivity index (χ0n) is 10.9. The predicted molar refractivity (Wildman–Crippen MR) is 76.3 cm³/mol. The number of hydrogen-bond acceptors (Lipinski definition) is 2. The molecule has 1 aromatic carbocycles. The van der Waals surface area contributed by atoms with Gasteiger partial charge in [0.15, 0.2) is 0 Å². The van der Waals surface area contributed by atoms with Crippen molar-refractivity contribution in [3.8, 4) is 0 Å². The molecule has 1 aliphatic heterocycles. The Hall–Kier alpha value is -1.03. The quantitative estimate of drug-likeness (QED) is 0.906. The van der Waals surface area contributed by atoms with Crippen molar-refractivity contribution >= 4 is 27.6 Å². The van der Waals surface area contributed by atoms with Gasteiger partial charge in [0.05, 0.1) is 11.3 Å². The third-order valence-electron chi connectivity index (χ3n) is 3.64. The van der Waals surface area contributed by atoms with Gasteiger partial charge in [-0.3, -0.25) is 0 Å². The molecule has 0 amide bonds. The zero-order valence-corrected chi connectivity index (χ0v) is 12.5. The molecule has 98 valence electrons. The maximum absolute atomic E-state index is 11.2. The fraction of sp³-hybridized carbons (Fsp3) is 0.500. The van der Waals surface area contributed by atoms with Crippen molar-refractivity contribution in [2.75, 3.05) is 18.0 Å². The Morgan fingerprint density at radius 2 is 2.00 bits per heavy atom. The summed E-state index contributed by atoms with van der Waals surface area (Å²) in [6.07, 6.45) is 0. The molecule has 1 N–H and O–H groups in total. The molecule has 0 radical (unpaired) electrons. The van der Waals surface area contributed by atoms with Crippen LogP contribution in [-0.4, -0.2) is 24.2 Å². The van der Waals surface area contributed by atoms with E-state index in [9.17, 15) is 9.90 Å². The van der Waals surface area contributed by atoms with Gasteiger partial charge in [-0.05, 0) is 29.5 Å². The van der Waals surface area contributed by atoms with Gasteiger partial charge in [-0.15, -0.1) is 0 Å². The van der Waals surface area contributed by atoms with Crippen LogP contribution in [0.4, 0.5) is 5.69 Å². The van der Waals surface area contributed by atoms with Crippen molar-refractivity contribution in [1.29, 1.82) is 0 Å². The summed E-state index contributed by atoms with van der Waals surface area (Å²) >= 11 is 3.32. The van der Waals surface area contributed by atoms with Gasteiger partial charge >= 0.3 is 5.97 Å². The number of carbonyl (C=O) groups is 1. The minimum Gasteiger partial charge on any atom is -0.478 e. The molecule has 1 aromatic rings. The first-order valence-electron chi connectivity index (χ1n) is 6.07. The lowest BCUT2D eigenvalue weighted by atomic mass is 9.75. The molecule has 0 bridgehead atoms. The minimum atomic E-state index is -0.870. The second-order valence-electron chi connectivity index (χ2n) is 5.93. The van der Waals surface area contributed by atoms with Crippen LogP contribution >= 0.6 is 15.9 Å². The Bertz CT molecular complexity index is 473. The lowest BCUT2D eigenvalue weighted by Crippen LogP contribution is -2.52. The first-order chi connectivity index (χ1) is 8.29. The van der Waals surface area contributed by atoms with Crippen LogP contribution in [0.3, 0.4) is 0 Å². The van der Waals surface area contributed by atoms with Crippen molar-refractivity contribution in [3.63, 3.8) is 0 Å². The molecule has 0 spiro atoms. The van der Waals surface area contributed by atoms with E-state index in [1.54, 1.807) is 6.07 Å². The molecule has 18 heavy (non-hydrogen) atoms. The average Bonchev–Trinajstić information content (AvgIpc) is 2.15. The lowest BCUT2D eigenvalue weighted by molar-refractivity contribution is 0.0696. The van der Waals surface area contributed by atoms with Gasteiger partial charge in [-0.1, -0.05) is 36.7 Å². The number of halogens is 1. The normalized spacial score (nSPS) is 16.6. The topological polar surface area (TPSA) is 40.5 Å². The van der Waals surface area contributed by atoms with E-state index in [4.69, 9.17) is 0 Å². The lowest BCUT2D eigenvalue weighted by Gasteiger charge is -2.48. The van der Waals surface area contributed by atoms with E-state index in [0.717, 1.165) is 23.2 Å². The molecular formula is C14H18BrNO2. The Balaban J connectivity index is 2.19. The Kier molecular flexibility index (Phi) is 3.41. The second-order valence-corrected chi connectivity index (χ2v) is 6.85. The highest BCUT2D eigenvalue weighted by atomic mass is 79.9. The monoisotopic (exact) mass is 311 g/mol. The SMILES string of the molecule is CC(C)(C)C1CN(c2ccc(Br)cc2C(=O)O)C1. The fourth-order valence-electron chi connectivity index (χ4n) is 2.18. The van der Waals surface area contributed by atoms with Crippen LogP contribution < -0.4 is 4.90 Å². The van der Waals surface area contributed by atoms with Crippen LogP contribution in [0.1, 0.15) is 31.1 Å². The molecule has 2 rings (SSSR count). The summed E-state index contributed by atoms with van der Waals surface area (Å²) < 4.78 is 0.802. The fourth-order valence-corrected chi connectivity index (χ4v) is 2.54. The van der Waals surface area contributed by atoms with Gasteiger partial charge in [-0.2, -0.15) is 0 Å². The summed E-state index contributed by atoms with van der Waals surface area (Å²) in [5.74, 6) is -0.242. The van der Waals surface area contributed by atoms with Crippen molar-refractivity contribution < 1.29 is 9.90 Å². The molecule has 1 aliphatic rings. The number of hydrogen-bond donors (Lipinski definition) is 1. The number of benzene rings is 1. The number of rotatable bonds is 2. The van der Waals surface area contributed by atoms with Crippen molar-refractivity contribution in [2.24, 2.45) is 11.3 Å². The molecule has 0 saturated carbocycles. The highest BCUT2D eigenvalue weighted by molar-refractivity contribution is 9.10. The first-order valence-corrected chi connectivity index (χ1v) is 6.86. The summed E-state index contributed by atoms with van der Waals surface area (Å²) in [5, 5.41) is 9.24. The van der Waals surface area contributed by atoms with Gasteiger partial charge in [0.1, 0.15) is 0 Å². The van der Waals surface area contributed by atoms with Crippen LogP contribution in [0.5, 0.6) is 0 Å². The minimum absolute atomic E-state index is 0.287. The first kappa shape index (κ1) is 13.4. The van der Waals surface area contributed by atoms with Gasteiger partial charge in [0.25, 0.3) is 0 Å². The maximum Gasteiger partial charge on any atom is 0.337 e. The van der Waals surface area contributed by atoms with Gasteiger partial charge in [0.2, 0.25) is 0 Å². The van der Waals surface area contributed by atoms with E-state index in [1.165, 1.54) is 0 Å². The van der Waals surface area contributed by atoms with Crippen LogP contribution in [0.15, 0.2) is 22.7 Å². The average molecular weight is 312 g/mol. The van der Waals surface area contributed by atoms with Crippen LogP contribution in [0.2, 0.25) is 0 Å².